The van der Waals surface area contributed by atoms with Gasteiger partial charge in [0, 0.05) is 6.04 Å². The maximum atomic E-state index is 9.25. The third-order valence-corrected chi connectivity index (χ3v) is 3.81. The molecule has 1 aromatic carbocycles. The summed E-state index contributed by atoms with van der Waals surface area (Å²) < 4.78 is 0. The lowest BCUT2D eigenvalue weighted by molar-refractivity contribution is 0.324. The van der Waals surface area contributed by atoms with E-state index in [2.05, 4.69) is 19.3 Å². The molecule has 0 aromatic heterocycles. The summed E-state index contributed by atoms with van der Waals surface area (Å²) in [6.45, 7) is 2.37. The minimum atomic E-state index is 0.355. The Balaban J connectivity index is 2.01. The third-order valence-electron chi connectivity index (χ3n) is 3.81. The number of hydrogen-bond acceptors (Lipinski definition) is 2. The van der Waals surface area contributed by atoms with Gasteiger partial charge in [-0.2, -0.15) is 0 Å². The Kier molecular flexibility index (Phi) is 3.20. The summed E-state index contributed by atoms with van der Waals surface area (Å²) in [7, 11) is 2.05. The van der Waals surface area contributed by atoms with Crippen LogP contribution in [0.5, 0.6) is 5.75 Å². The molecule has 2 N–H and O–H groups in total. The molecule has 2 rings (SSSR count). The van der Waals surface area contributed by atoms with Crippen molar-refractivity contribution in [2.24, 2.45) is 5.41 Å². The summed E-state index contributed by atoms with van der Waals surface area (Å²) in [5, 5.41) is 12.6. The third kappa shape index (κ3) is 2.56. The van der Waals surface area contributed by atoms with Gasteiger partial charge in [-0.05, 0) is 55.8 Å². The molecule has 2 atom stereocenters. The molecule has 0 radical (unpaired) electrons. The number of aromatic hydroxyl groups is 1. The highest BCUT2D eigenvalue weighted by Gasteiger charge is 2.34. The van der Waals surface area contributed by atoms with Crippen LogP contribution in [0.4, 0.5) is 0 Å². The zero-order valence-electron chi connectivity index (χ0n) is 10.2. The molecule has 2 unspecified atom stereocenters. The van der Waals surface area contributed by atoms with Crippen molar-refractivity contribution in [1.29, 1.82) is 0 Å². The lowest BCUT2D eigenvalue weighted by atomic mass is 9.82. The summed E-state index contributed by atoms with van der Waals surface area (Å²) in [4.78, 5) is 0. The largest absolute Gasteiger partial charge is 0.508 e. The molecule has 0 amide bonds. The summed E-state index contributed by atoms with van der Waals surface area (Å²) in [5.41, 5.74) is 1.75. The van der Waals surface area contributed by atoms with Gasteiger partial charge >= 0.3 is 0 Å². The topological polar surface area (TPSA) is 32.3 Å². The van der Waals surface area contributed by atoms with Gasteiger partial charge in [-0.25, -0.2) is 0 Å². The molecule has 2 heteroatoms. The van der Waals surface area contributed by atoms with E-state index in [4.69, 9.17) is 0 Å². The fraction of sp³-hybridized carbons (Fsp3) is 0.571. The van der Waals surface area contributed by atoms with Gasteiger partial charge in [-0.1, -0.05) is 19.1 Å². The zero-order valence-corrected chi connectivity index (χ0v) is 10.2. The van der Waals surface area contributed by atoms with Crippen molar-refractivity contribution in [3.63, 3.8) is 0 Å². The molecule has 1 aliphatic rings. The smallest absolute Gasteiger partial charge is 0.115 e. The molecule has 1 saturated carbocycles. The van der Waals surface area contributed by atoms with Gasteiger partial charge in [0.25, 0.3) is 0 Å². The maximum absolute atomic E-state index is 9.25. The molecular formula is C14H21NO. The summed E-state index contributed by atoms with van der Waals surface area (Å²) in [5.74, 6) is 0.355. The minimum absolute atomic E-state index is 0.355. The van der Waals surface area contributed by atoms with Gasteiger partial charge in [-0.3, -0.25) is 0 Å². The second-order valence-corrected chi connectivity index (χ2v) is 5.38. The SMILES string of the molecule is CNC1CCC(C)(Cc2ccc(O)cc2)C1. The molecule has 0 spiro atoms. The second kappa shape index (κ2) is 4.46. The Morgan fingerprint density at radius 3 is 2.62 bits per heavy atom. The van der Waals surface area contributed by atoms with Gasteiger partial charge in [0.2, 0.25) is 0 Å². The van der Waals surface area contributed by atoms with Crippen molar-refractivity contribution in [2.45, 2.75) is 38.6 Å². The molecule has 16 heavy (non-hydrogen) atoms. The average molecular weight is 219 g/mol. The Morgan fingerprint density at radius 1 is 1.38 bits per heavy atom. The Hall–Kier alpha value is -1.02. The monoisotopic (exact) mass is 219 g/mol. The van der Waals surface area contributed by atoms with Crippen LogP contribution in [-0.4, -0.2) is 18.2 Å². The quantitative estimate of drug-likeness (QED) is 0.819. The molecule has 1 fully saturated rings. The van der Waals surface area contributed by atoms with Crippen molar-refractivity contribution in [3.05, 3.63) is 29.8 Å². The van der Waals surface area contributed by atoms with E-state index in [-0.39, 0.29) is 0 Å². The van der Waals surface area contributed by atoms with Crippen LogP contribution >= 0.6 is 0 Å². The molecule has 2 nitrogen and oxygen atoms in total. The zero-order chi connectivity index (χ0) is 11.6. The van der Waals surface area contributed by atoms with Crippen molar-refractivity contribution in [3.8, 4) is 5.75 Å². The predicted octanol–water partition coefficient (Wildman–Crippen LogP) is 2.71. The first kappa shape index (κ1) is 11.5. The van der Waals surface area contributed by atoms with Gasteiger partial charge in [-0.15, -0.1) is 0 Å². The fourth-order valence-electron chi connectivity index (χ4n) is 2.84. The van der Waals surface area contributed by atoms with Crippen LogP contribution in [0.3, 0.4) is 0 Å². The van der Waals surface area contributed by atoms with E-state index in [1.807, 2.05) is 12.1 Å². The van der Waals surface area contributed by atoms with Crippen LogP contribution in [0.2, 0.25) is 0 Å². The standard InChI is InChI=1S/C14H21NO/c1-14(8-7-12(10-14)15-2)9-11-3-5-13(16)6-4-11/h3-6,12,15-16H,7-10H2,1-2H3. The van der Waals surface area contributed by atoms with Crippen LogP contribution in [0, 0.1) is 5.41 Å². The van der Waals surface area contributed by atoms with Crippen LogP contribution in [0.1, 0.15) is 31.7 Å². The molecular weight excluding hydrogens is 198 g/mol. The van der Waals surface area contributed by atoms with E-state index in [1.165, 1.54) is 24.8 Å². The van der Waals surface area contributed by atoms with Gasteiger partial charge < -0.3 is 10.4 Å². The van der Waals surface area contributed by atoms with Gasteiger partial charge in [0.05, 0.1) is 0 Å². The van der Waals surface area contributed by atoms with E-state index in [1.54, 1.807) is 12.1 Å². The van der Waals surface area contributed by atoms with Crippen molar-refractivity contribution < 1.29 is 5.11 Å². The van der Waals surface area contributed by atoms with Crippen LogP contribution in [0.15, 0.2) is 24.3 Å². The first-order valence-corrected chi connectivity index (χ1v) is 6.06. The first-order valence-electron chi connectivity index (χ1n) is 6.06. The number of benzene rings is 1. The van der Waals surface area contributed by atoms with Crippen molar-refractivity contribution in [1.82, 2.24) is 5.32 Å². The molecule has 0 aliphatic heterocycles. The highest BCUT2D eigenvalue weighted by Crippen LogP contribution is 2.40. The van der Waals surface area contributed by atoms with E-state index >= 15 is 0 Å². The van der Waals surface area contributed by atoms with E-state index in [0.29, 0.717) is 17.2 Å². The van der Waals surface area contributed by atoms with Crippen LogP contribution < -0.4 is 5.32 Å². The fourth-order valence-corrected chi connectivity index (χ4v) is 2.84. The molecule has 0 heterocycles. The maximum Gasteiger partial charge on any atom is 0.115 e. The summed E-state index contributed by atoms with van der Waals surface area (Å²) in [6, 6.07) is 8.31. The predicted molar refractivity (Wildman–Crippen MR) is 66.6 cm³/mol. The molecule has 1 aliphatic carbocycles. The van der Waals surface area contributed by atoms with Crippen molar-refractivity contribution in [2.75, 3.05) is 7.05 Å². The highest BCUT2D eigenvalue weighted by molar-refractivity contribution is 5.26. The molecule has 0 saturated heterocycles. The first-order chi connectivity index (χ1) is 7.61. The number of nitrogens with one attached hydrogen (secondary N) is 1. The lowest BCUT2D eigenvalue weighted by Crippen LogP contribution is -2.24. The Labute approximate surface area is 97.7 Å². The average Bonchev–Trinajstić information content (AvgIpc) is 2.64. The van der Waals surface area contributed by atoms with E-state index in [0.717, 1.165) is 6.42 Å². The number of rotatable bonds is 3. The van der Waals surface area contributed by atoms with Crippen LogP contribution in [0.25, 0.3) is 0 Å². The summed E-state index contributed by atoms with van der Waals surface area (Å²) >= 11 is 0. The summed E-state index contributed by atoms with van der Waals surface area (Å²) in [6.07, 6.45) is 4.94. The van der Waals surface area contributed by atoms with E-state index < -0.39 is 0 Å². The Bertz CT molecular complexity index is 346. The number of hydrogen-bond donors (Lipinski definition) is 2. The second-order valence-electron chi connectivity index (χ2n) is 5.38. The highest BCUT2D eigenvalue weighted by atomic mass is 16.3. The normalized spacial score (nSPS) is 29.5. The Morgan fingerprint density at radius 2 is 2.06 bits per heavy atom. The van der Waals surface area contributed by atoms with Crippen molar-refractivity contribution >= 4 is 0 Å². The number of phenolic OH excluding ortho intramolecular Hbond substituents is 1. The van der Waals surface area contributed by atoms with E-state index in [9.17, 15) is 5.11 Å². The minimum Gasteiger partial charge on any atom is -0.508 e. The van der Waals surface area contributed by atoms with Gasteiger partial charge in [0.1, 0.15) is 5.75 Å². The lowest BCUT2D eigenvalue weighted by Gasteiger charge is -2.24. The molecule has 1 aromatic rings. The molecule has 88 valence electrons. The van der Waals surface area contributed by atoms with Crippen LogP contribution in [-0.2, 0) is 6.42 Å². The van der Waals surface area contributed by atoms with Gasteiger partial charge in [0.15, 0.2) is 0 Å². The molecule has 0 bridgehead atoms. The number of phenols is 1.